The van der Waals surface area contributed by atoms with Crippen LogP contribution in [0.2, 0.25) is 0 Å². The number of methoxy groups -OCH3 is 1. The highest BCUT2D eigenvalue weighted by molar-refractivity contribution is 5.84. The number of nitrogens with one attached hydrogen (secondary N) is 1. The van der Waals surface area contributed by atoms with Crippen LogP contribution >= 0.6 is 0 Å². The van der Waals surface area contributed by atoms with Gasteiger partial charge in [0.2, 0.25) is 18.0 Å². The van der Waals surface area contributed by atoms with Gasteiger partial charge in [-0.2, -0.15) is 0 Å². The Morgan fingerprint density at radius 3 is 2.43 bits per heavy atom. The fourth-order valence-electron chi connectivity index (χ4n) is 3.62. The molecule has 17 heteroatoms. The molecule has 1 saturated heterocycles. The molecule has 0 aliphatic carbocycles. The molecule has 35 heavy (non-hydrogen) atoms. The number of aliphatic carboxylic acids is 1. The van der Waals surface area contributed by atoms with Gasteiger partial charge in [-0.15, -0.1) is 0 Å². The van der Waals surface area contributed by atoms with Gasteiger partial charge in [-0.25, -0.2) is 14.4 Å². The number of hydrogen-bond acceptors (Lipinski definition) is 12. The number of hydrogen-bond donors (Lipinski definition) is 6. The number of carboxylic acid groups (broad SMARTS) is 1. The molecule has 3 heterocycles. The molecule has 0 aromatic carbocycles. The number of ether oxygens (including phenoxy) is 5. The molecule has 1 fully saturated rings. The van der Waals surface area contributed by atoms with Crippen molar-refractivity contribution in [2.24, 2.45) is 11.5 Å². The van der Waals surface area contributed by atoms with Gasteiger partial charge in [-0.05, 0) is 6.08 Å². The van der Waals surface area contributed by atoms with Crippen molar-refractivity contribution in [2.45, 2.75) is 49.1 Å². The molecule has 17 nitrogen and oxygen atoms in total. The van der Waals surface area contributed by atoms with Crippen LogP contribution < -0.4 is 22.7 Å². The van der Waals surface area contributed by atoms with E-state index in [1.165, 1.54) is 0 Å². The van der Waals surface area contributed by atoms with E-state index >= 15 is 0 Å². The summed E-state index contributed by atoms with van der Waals surface area (Å²) in [6, 6.07) is 0.969. The van der Waals surface area contributed by atoms with Crippen LogP contribution in [0.15, 0.2) is 33.7 Å². The molecule has 0 saturated carbocycles. The van der Waals surface area contributed by atoms with Gasteiger partial charge in [-0.3, -0.25) is 19.1 Å². The molecule has 2 amide bonds. The predicted octanol–water partition coefficient (Wildman–Crippen LogP) is -4.17. The first-order chi connectivity index (χ1) is 16.4. The van der Waals surface area contributed by atoms with Gasteiger partial charge in [0.05, 0.1) is 0 Å². The second-order valence-electron chi connectivity index (χ2n) is 7.37. The van der Waals surface area contributed by atoms with Gasteiger partial charge in [0.1, 0.15) is 24.4 Å². The number of primary amides is 2. The molecular formula is C18H22N4O13. The van der Waals surface area contributed by atoms with Gasteiger partial charge in [-0.1, -0.05) is 0 Å². The number of carbonyl (C=O) groups excluding carboxylic acids is 2. The van der Waals surface area contributed by atoms with Crippen molar-refractivity contribution in [1.82, 2.24) is 9.55 Å². The highest BCUT2D eigenvalue weighted by Gasteiger charge is 2.54. The Morgan fingerprint density at radius 2 is 1.89 bits per heavy atom. The lowest BCUT2D eigenvalue weighted by atomic mass is 10.0. The second kappa shape index (κ2) is 10.2. The molecule has 4 unspecified atom stereocenters. The Labute approximate surface area is 194 Å². The minimum atomic E-state index is -1.91. The van der Waals surface area contributed by atoms with Crippen molar-refractivity contribution in [3.8, 4) is 0 Å². The molecule has 3 rings (SSSR count). The Morgan fingerprint density at radius 1 is 1.20 bits per heavy atom. The minimum absolute atomic E-state index is 0.714. The molecule has 192 valence electrons. The van der Waals surface area contributed by atoms with Gasteiger partial charge < -0.3 is 50.5 Å². The van der Waals surface area contributed by atoms with Crippen molar-refractivity contribution >= 4 is 18.0 Å². The number of rotatable bonds is 8. The van der Waals surface area contributed by atoms with E-state index in [0.29, 0.717) is 6.08 Å². The summed E-state index contributed by atoms with van der Waals surface area (Å²) >= 11 is 0. The molecule has 1 aromatic heterocycles. The van der Waals surface area contributed by atoms with Crippen LogP contribution in [0.4, 0.5) is 4.79 Å². The molecule has 8 N–H and O–H groups in total. The quantitative estimate of drug-likeness (QED) is 0.197. The van der Waals surface area contributed by atoms with Crippen LogP contribution in [-0.2, 0) is 33.3 Å². The summed E-state index contributed by atoms with van der Waals surface area (Å²) in [5.41, 5.74) is 8.83. The van der Waals surface area contributed by atoms with Gasteiger partial charge in [0.15, 0.2) is 18.4 Å². The standard InChI is InChI=1S/C18H22N4O13/c1-31-9-10(11(13(19)26)34-16-8(25)5(23)4-6(32-16)15(27)28)33-14(12(9)35-17(20)29)22-3-2-7(24)21-18(22)30/h2-5,8-12,14,16,23,25H,1H3,(H2,19,26)(H2,20,29)(H,27,28)(H,21,24,30)/t5?,8?,9-,10+,11?,12-,14-,16?/m1/s1. The van der Waals surface area contributed by atoms with Crippen LogP contribution in [-0.4, -0.2) is 92.9 Å². The summed E-state index contributed by atoms with van der Waals surface area (Å²) in [4.78, 5) is 60.8. The number of amides is 2. The average molecular weight is 502 g/mol. The zero-order valence-corrected chi connectivity index (χ0v) is 17.9. The summed E-state index contributed by atoms with van der Waals surface area (Å²) in [7, 11) is 1.13. The minimum Gasteiger partial charge on any atom is -0.475 e. The second-order valence-corrected chi connectivity index (χ2v) is 7.37. The number of nitrogens with zero attached hydrogens (tertiary/aromatic N) is 1. The molecule has 1 aromatic rings. The smallest absolute Gasteiger partial charge is 0.405 e. The van der Waals surface area contributed by atoms with Crippen molar-refractivity contribution < 1.29 is 53.4 Å². The fraction of sp³-hybridized carbons (Fsp3) is 0.500. The first-order valence-electron chi connectivity index (χ1n) is 9.83. The maximum absolute atomic E-state index is 12.3. The lowest BCUT2D eigenvalue weighted by Crippen LogP contribution is -2.54. The number of aliphatic hydroxyl groups is 2. The monoisotopic (exact) mass is 502 g/mol. The van der Waals surface area contributed by atoms with E-state index in [-0.39, 0.29) is 0 Å². The summed E-state index contributed by atoms with van der Waals surface area (Å²) < 4.78 is 27.2. The van der Waals surface area contributed by atoms with E-state index in [9.17, 15) is 34.2 Å². The van der Waals surface area contributed by atoms with Crippen molar-refractivity contribution in [3.05, 3.63) is 44.9 Å². The van der Waals surface area contributed by atoms with Gasteiger partial charge in [0.25, 0.3) is 5.56 Å². The van der Waals surface area contributed by atoms with Crippen LogP contribution in [0.25, 0.3) is 0 Å². The predicted molar refractivity (Wildman–Crippen MR) is 107 cm³/mol. The van der Waals surface area contributed by atoms with Crippen molar-refractivity contribution in [2.75, 3.05) is 7.11 Å². The van der Waals surface area contributed by atoms with E-state index < -0.39 is 84.1 Å². The third-order valence-corrected chi connectivity index (χ3v) is 5.14. The van der Waals surface area contributed by atoms with Crippen LogP contribution in [0.5, 0.6) is 0 Å². The Kier molecular flexibility index (Phi) is 7.56. The number of H-pyrrole nitrogens is 1. The SMILES string of the molecule is CO[C@H]1[C@@H](OC(N)=O)[C@H](n2ccc(=O)[nH]c2=O)O[C@@H]1C(OC1OC(C(=O)O)=CC(O)C1O)C(N)=O. The normalized spacial score (nSPS) is 31.2. The summed E-state index contributed by atoms with van der Waals surface area (Å²) in [5, 5.41) is 29.2. The summed E-state index contributed by atoms with van der Waals surface area (Å²) in [6.07, 6.45) is -12.9. The summed E-state index contributed by atoms with van der Waals surface area (Å²) in [6.45, 7) is 0. The van der Waals surface area contributed by atoms with Crippen molar-refractivity contribution in [1.29, 1.82) is 0 Å². The fourth-order valence-corrected chi connectivity index (χ4v) is 3.62. The lowest BCUT2D eigenvalue weighted by Gasteiger charge is -2.34. The van der Waals surface area contributed by atoms with Crippen LogP contribution in [0.1, 0.15) is 6.23 Å². The molecule has 2 aliphatic rings. The molecule has 2 aliphatic heterocycles. The highest BCUT2D eigenvalue weighted by Crippen LogP contribution is 2.36. The molecule has 0 bridgehead atoms. The topological polar surface area (TPSA) is 265 Å². The van der Waals surface area contributed by atoms with Crippen LogP contribution in [0.3, 0.4) is 0 Å². The molecule has 0 radical (unpaired) electrons. The third kappa shape index (κ3) is 5.33. The largest absolute Gasteiger partial charge is 0.475 e. The zero-order chi connectivity index (χ0) is 26.0. The highest BCUT2D eigenvalue weighted by atomic mass is 16.7. The number of aromatic amines is 1. The van der Waals surface area contributed by atoms with E-state index in [2.05, 4.69) is 0 Å². The number of nitrogens with two attached hydrogens (primary N) is 2. The van der Waals surface area contributed by atoms with E-state index in [1.54, 1.807) is 0 Å². The average Bonchev–Trinajstić information content (AvgIpc) is 3.10. The van der Waals surface area contributed by atoms with Crippen LogP contribution in [0, 0.1) is 0 Å². The number of carboxylic acids is 1. The summed E-state index contributed by atoms with van der Waals surface area (Å²) in [5.74, 6) is -3.60. The maximum atomic E-state index is 12.3. The Bertz CT molecular complexity index is 1130. The van der Waals surface area contributed by atoms with E-state index in [1.807, 2.05) is 4.98 Å². The third-order valence-electron chi connectivity index (χ3n) is 5.14. The Hall–Kier alpha value is -3.77. The van der Waals surface area contributed by atoms with Crippen molar-refractivity contribution in [3.63, 3.8) is 0 Å². The van der Waals surface area contributed by atoms with E-state index in [4.69, 9.17) is 40.3 Å². The number of aliphatic hydroxyl groups excluding tert-OH is 2. The van der Waals surface area contributed by atoms with Gasteiger partial charge in [0, 0.05) is 19.4 Å². The van der Waals surface area contributed by atoms with Gasteiger partial charge >= 0.3 is 17.8 Å². The van der Waals surface area contributed by atoms with E-state index in [0.717, 1.165) is 23.9 Å². The number of carbonyl (C=O) groups is 3. The molecule has 0 spiro atoms. The maximum Gasteiger partial charge on any atom is 0.405 e. The lowest BCUT2D eigenvalue weighted by molar-refractivity contribution is -0.242. The first kappa shape index (κ1) is 25.8. The number of aromatic nitrogens is 2. The Balaban J connectivity index is 1.97. The molecular weight excluding hydrogens is 480 g/mol. The first-order valence-corrected chi connectivity index (χ1v) is 9.83. The molecule has 8 atom stereocenters. The zero-order valence-electron chi connectivity index (χ0n) is 17.9.